The summed E-state index contributed by atoms with van der Waals surface area (Å²) in [4.78, 5) is 1.71. The van der Waals surface area contributed by atoms with Crippen molar-refractivity contribution >= 4 is 5.69 Å². The Kier molecular flexibility index (Phi) is 4.01. The summed E-state index contributed by atoms with van der Waals surface area (Å²) in [6, 6.07) is 3.68. The molecule has 3 nitrogen and oxygen atoms in total. The van der Waals surface area contributed by atoms with Gasteiger partial charge in [-0.1, -0.05) is 0 Å². The maximum Gasteiger partial charge on any atom is 0.150 e. The quantitative estimate of drug-likeness (QED) is 0.894. The number of hydrogen-bond donors (Lipinski definition) is 1. The van der Waals surface area contributed by atoms with Gasteiger partial charge in [0.1, 0.15) is 5.69 Å². The van der Waals surface area contributed by atoms with Crippen molar-refractivity contribution in [2.75, 3.05) is 11.4 Å². The molecular formula is C14H17F2N3. The molecule has 1 fully saturated rings. The molecule has 2 unspecified atom stereocenters. The van der Waals surface area contributed by atoms with Gasteiger partial charge in [-0.05, 0) is 38.3 Å². The number of nitrogens with zero attached hydrogens (tertiary/aromatic N) is 2. The van der Waals surface area contributed by atoms with E-state index in [4.69, 9.17) is 11.0 Å². The molecule has 0 spiro atoms. The number of rotatable bonds is 2. The summed E-state index contributed by atoms with van der Waals surface area (Å²) in [5.41, 5.74) is 5.85. The number of hydrogen-bond acceptors (Lipinski definition) is 3. The van der Waals surface area contributed by atoms with Gasteiger partial charge in [0.2, 0.25) is 0 Å². The fourth-order valence-corrected chi connectivity index (χ4v) is 2.69. The van der Waals surface area contributed by atoms with Crippen LogP contribution in [0.2, 0.25) is 0 Å². The van der Waals surface area contributed by atoms with Crippen LogP contribution < -0.4 is 10.6 Å². The topological polar surface area (TPSA) is 53.0 Å². The average Bonchev–Trinajstić information content (AvgIpc) is 2.38. The van der Waals surface area contributed by atoms with Gasteiger partial charge in [-0.25, -0.2) is 8.78 Å². The van der Waals surface area contributed by atoms with Crippen LogP contribution in [-0.2, 0) is 0 Å². The van der Waals surface area contributed by atoms with Gasteiger partial charge in [0.15, 0.2) is 11.6 Å². The van der Waals surface area contributed by atoms with E-state index in [-0.39, 0.29) is 23.3 Å². The molecule has 2 rings (SSSR count). The zero-order chi connectivity index (χ0) is 14.0. The van der Waals surface area contributed by atoms with E-state index < -0.39 is 11.6 Å². The van der Waals surface area contributed by atoms with Crippen LogP contribution in [0.15, 0.2) is 12.1 Å². The third-order valence-corrected chi connectivity index (χ3v) is 3.59. The first-order chi connectivity index (χ1) is 9.04. The number of nitriles is 1. The Hall–Kier alpha value is -1.67. The molecule has 1 aliphatic heterocycles. The second-order valence-corrected chi connectivity index (χ2v) is 5.02. The highest BCUT2D eigenvalue weighted by atomic mass is 19.1. The minimum atomic E-state index is -0.691. The number of halogens is 2. The zero-order valence-electron chi connectivity index (χ0n) is 10.9. The molecule has 0 amide bonds. The van der Waals surface area contributed by atoms with Gasteiger partial charge in [-0.3, -0.25) is 0 Å². The van der Waals surface area contributed by atoms with E-state index in [1.54, 1.807) is 11.0 Å². The second kappa shape index (κ2) is 5.54. The van der Waals surface area contributed by atoms with Crippen LogP contribution in [0.4, 0.5) is 14.5 Å². The van der Waals surface area contributed by atoms with E-state index in [2.05, 4.69) is 0 Å². The Morgan fingerprint density at radius 3 is 2.53 bits per heavy atom. The number of piperidine rings is 1. The number of anilines is 1. The molecule has 0 saturated carbocycles. The lowest BCUT2D eigenvalue weighted by molar-refractivity contribution is 0.402. The first kappa shape index (κ1) is 13.8. The zero-order valence-corrected chi connectivity index (χ0v) is 10.9. The third-order valence-electron chi connectivity index (χ3n) is 3.59. The van der Waals surface area contributed by atoms with Crippen molar-refractivity contribution in [2.45, 2.75) is 38.3 Å². The Bertz CT molecular complexity index is 485. The Labute approximate surface area is 111 Å². The number of nitrogens with two attached hydrogens (primary N) is 1. The van der Waals surface area contributed by atoms with E-state index >= 15 is 0 Å². The van der Waals surface area contributed by atoms with Gasteiger partial charge in [-0.2, -0.15) is 5.26 Å². The van der Waals surface area contributed by atoms with Crippen LogP contribution in [-0.4, -0.2) is 18.6 Å². The molecule has 2 atom stereocenters. The predicted octanol–water partition coefficient (Wildman–Crippen LogP) is 2.54. The van der Waals surface area contributed by atoms with E-state index in [9.17, 15) is 8.78 Å². The summed E-state index contributed by atoms with van der Waals surface area (Å²) in [7, 11) is 0. The van der Waals surface area contributed by atoms with Crippen LogP contribution in [0.25, 0.3) is 0 Å². The van der Waals surface area contributed by atoms with Crippen molar-refractivity contribution in [1.29, 1.82) is 5.26 Å². The van der Waals surface area contributed by atoms with E-state index in [1.165, 1.54) is 0 Å². The SMILES string of the molecule is CC(N)C1CCCCN1c1c(F)cc(C#N)cc1F. The van der Waals surface area contributed by atoms with E-state index in [0.717, 1.165) is 31.4 Å². The van der Waals surface area contributed by atoms with Crippen LogP contribution in [0.5, 0.6) is 0 Å². The molecule has 102 valence electrons. The standard InChI is InChI=1S/C14H17F2N3/c1-9(18)13-4-2-3-5-19(13)14-11(15)6-10(8-17)7-12(14)16/h6-7,9,13H,2-5,18H2,1H3. The summed E-state index contributed by atoms with van der Waals surface area (Å²) in [5.74, 6) is -1.38. The van der Waals surface area contributed by atoms with Crippen molar-refractivity contribution in [3.05, 3.63) is 29.3 Å². The van der Waals surface area contributed by atoms with Crippen LogP contribution >= 0.6 is 0 Å². The summed E-state index contributed by atoms with van der Waals surface area (Å²) in [5, 5.41) is 8.71. The molecule has 1 saturated heterocycles. The molecule has 1 aromatic carbocycles. The van der Waals surface area contributed by atoms with Crippen molar-refractivity contribution in [2.24, 2.45) is 5.73 Å². The molecule has 19 heavy (non-hydrogen) atoms. The highest BCUT2D eigenvalue weighted by Crippen LogP contribution is 2.31. The monoisotopic (exact) mass is 265 g/mol. The Balaban J connectivity index is 2.42. The van der Waals surface area contributed by atoms with Gasteiger partial charge < -0.3 is 10.6 Å². The molecule has 0 aromatic heterocycles. The van der Waals surface area contributed by atoms with Crippen molar-refractivity contribution < 1.29 is 8.78 Å². The van der Waals surface area contributed by atoms with Crippen LogP contribution in [0, 0.1) is 23.0 Å². The molecule has 0 aliphatic carbocycles. The van der Waals surface area contributed by atoms with Crippen LogP contribution in [0.3, 0.4) is 0 Å². The predicted molar refractivity (Wildman–Crippen MR) is 69.7 cm³/mol. The highest BCUT2D eigenvalue weighted by Gasteiger charge is 2.29. The third kappa shape index (κ3) is 2.69. The molecule has 2 N–H and O–H groups in total. The first-order valence-electron chi connectivity index (χ1n) is 6.46. The minimum Gasteiger partial charge on any atom is -0.362 e. The smallest absolute Gasteiger partial charge is 0.150 e. The lowest BCUT2D eigenvalue weighted by Gasteiger charge is -2.40. The maximum absolute atomic E-state index is 14.0. The fourth-order valence-electron chi connectivity index (χ4n) is 2.69. The summed E-state index contributed by atoms with van der Waals surface area (Å²) < 4.78 is 28.1. The molecular weight excluding hydrogens is 248 g/mol. The Morgan fingerprint density at radius 2 is 2.00 bits per heavy atom. The van der Waals surface area contributed by atoms with Gasteiger partial charge in [-0.15, -0.1) is 0 Å². The maximum atomic E-state index is 14.0. The van der Waals surface area contributed by atoms with E-state index in [1.807, 2.05) is 6.92 Å². The van der Waals surface area contributed by atoms with Gasteiger partial charge in [0.05, 0.1) is 11.6 Å². The van der Waals surface area contributed by atoms with Gasteiger partial charge >= 0.3 is 0 Å². The largest absolute Gasteiger partial charge is 0.362 e. The van der Waals surface area contributed by atoms with Crippen molar-refractivity contribution in [3.8, 4) is 6.07 Å². The fraction of sp³-hybridized carbons (Fsp3) is 0.500. The van der Waals surface area contributed by atoms with Crippen LogP contribution in [0.1, 0.15) is 31.7 Å². The first-order valence-corrected chi connectivity index (χ1v) is 6.46. The molecule has 0 radical (unpaired) electrons. The average molecular weight is 265 g/mol. The van der Waals surface area contributed by atoms with Crippen molar-refractivity contribution in [1.82, 2.24) is 0 Å². The molecule has 1 aliphatic rings. The summed E-state index contributed by atoms with van der Waals surface area (Å²) in [6.07, 6.45) is 2.74. The Morgan fingerprint density at radius 1 is 1.37 bits per heavy atom. The molecule has 5 heteroatoms. The molecule has 0 bridgehead atoms. The normalized spacial score (nSPS) is 21.0. The van der Waals surface area contributed by atoms with E-state index in [0.29, 0.717) is 6.54 Å². The minimum absolute atomic E-state index is 0.00638. The van der Waals surface area contributed by atoms with Gasteiger partial charge in [0.25, 0.3) is 0 Å². The molecule has 1 aromatic rings. The highest BCUT2D eigenvalue weighted by molar-refractivity contribution is 5.54. The lowest BCUT2D eigenvalue weighted by Crippen LogP contribution is -2.50. The lowest BCUT2D eigenvalue weighted by atomic mass is 9.96. The van der Waals surface area contributed by atoms with Crippen molar-refractivity contribution in [3.63, 3.8) is 0 Å². The molecule has 1 heterocycles. The summed E-state index contributed by atoms with van der Waals surface area (Å²) >= 11 is 0. The second-order valence-electron chi connectivity index (χ2n) is 5.02. The number of benzene rings is 1. The summed E-state index contributed by atoms with van der Waals surface area (Å²) in [6.45, 7) is 2.44. The van der Waals surface area contributed by atoms with Gasteiger partial charge in [0, 0.05) is 18.6 Å².